The third kappa shape index (κ3) is 5.94. The lowest BCUT2D eigenvalue weighted by Crippen LogP contribution is -2.22. The maximum atomic E-state index is 12.8. The predicted octanol–water partition coefficient (Wildman–Crippen LogP) is 3.60. The van der Waals surface area contributed by atoms with Crippen molar-refractivity contribution in [3.8, 4) is 5.75 Å². The van der Waals surface area contributed by atoms with Crippen LogP contribution in [0.1, 0.15) is 17.5 Å². The summed E-state index contributed by atoms with van der Waals surface area (Å²) < 4.78 is 17.9. The van der Waals surface area contributed by atoms with Gasteiger partial charge in [0.25, 0.3) is 0 Å². The molecule has 0 fully saturated rings. The van der Waals surface area contributed by atoms with Gasteiger partial charge in [0, 0.05) is 12.6 Å². The maximum absolute atomic E-state index is 12.8. The number of nitrogens with one attached hydrogen (secondary N) is 1. The number of hydrogen-bond donors (Lipinski definition) is 1. The number of carbonyl (C=O) groups is 1. The van der Waals surface area contributed by atoms with E-state index in [1.807, 2.05) is 24.3 Å². The number of benzene rings is 2. The monoisotopic (exact) mass is 313 g/mol. The average molecular weight is 313 g/mol. The number of hydrogen-bond acceptors (Lipinski definition) is 2. The van der Waals surface area contributed by atoms with E-state index in [0.29, 0.717) is 6.54 Å². The van der Waals surface area contributed by atoms with Gasteiger partial charge in [-0.25, -0.2) is 4.39 Å². The van der Waals surface area contributed by atoms with Crippen LogP contribution in [0, 0.1) is 5.82 Å². The van der Waals surface area contributed by atoms with E-state index >= 15 is 0 Å². The molecule has 0 aliphatic carbocycles. The molecule has 0 aliphatic heterocycles. The van der Waals surface area contributed by atoms with E-state index in [4.69, 9.17) is 4.74 Å². The fourth-order valence-electron chi connectivity index (χ4n) is 2.10. The molecule has 0 aliphatic rings. The molecule has 0 radical (unpaired) electrons. The van der Waals surface area contributed by atoms with Gasteiger partial charge in [0.05, 0.1) is 7.11 Å². The lowest BCUT2D eigenvalue weighted by Gasteiger charge is -2.04. The molecule has 23 heavy (non-hydrogen) atoms. The van der Waals surface area contributed by atoms with E-state index in [9.17, 15) is 9.18 Å². The van der Waals surface area contributed by atoms with Crippen LogP contribution in [0.4, 0.5) is 4.39 Å². The highest BCUT2D eigenvalue weighted by Gasteiger charge is 1.98. The van der Waals surface area contributed by atoms with Gasteiger partial charge in [-0.2, -0.15) is 0 Å². The number of ether oxygens (including phenoxy) is 1. The third-order valence-corrected chi connectivity index (χ3v) is 3.40. The van der Waals surface area contributed by atoms with Crippen LogP contribution in [0.2, 0.25) is 0 Å². The molecule has 0 saturated carbocycles. The first-order valence-electron chi connectivity index (χ1n) is 7.52. The summed E-state index contributed by atoms with van der Waals surface area (Å²) in [5, 5.41) is 2.83. The van der Waals surface area contributed by atoms with E-state index in [2.05, 4.69) is 5.32 Å². The van der Waals surface area contributed by atoms with E-state index in [1.54, 1.807) is 25.3 Å². The van der Waals surface area contributed by atoms with Gasteiger partial charge < -0.3 is 10.1 Å². The summed E-state index contributed by atoms with van der Waals surface area (Å²) in [4.78, 5) is 11.7. The summed E-state index contributed by atoms with van der Waals surface area (Å²) in [6, 6.07) is 13.9. The number of carbonyl (C=O) groups excluding carboxylic acids is 1. The molecule has 0 aromatic heterocycles. The normalized spacial score (nSPS) is 10.7. The van der Waals surface area contributed by atoms with E-state index in [0.717, 1.165) is 24.2 Å². The fraction of sp³-hybridized carbons (Fsp3) is 0.211. The van der Waals surface area contributed by atoms with Crippen molar-refractivity contribution in [1.29, 1.82) is 0 Å². The molecule has 0 atom stereocenters. The first kappa shape index (κ1) is 16.7. The van der Waals surface area contributed by atoms with Crippen molar-refractivity contribution in [3.05, 3.63) is 71.6 Å². The molecule has 0 unspecified atom stereocenters. The second-order valence-electron chi connectivity index (χ2n) is 5.13. The van der Waals surface area contributed by atoms with Gasteiger partial charge in [-0.05, 0) is 54.3 Å². The lowest BCUT2D eigenvalue weighted by atomic mass is 10.1. The highest BCUT2D eigenvalue weighted by molar-refractivity contribution is 5.91. The van der Waals surface area contributed by atoms with E-state index in [1.165, 1.54) is 23.8 Å². The Bertz CT molecular complexity index is 648. The fourth-order valence-corrected chi connectivity index (χ4v) is 2.10. The molecule has 0 spiro atoms. The average Bonchev–Trinajstić information content (AvgIpc) is 2.59. The minimum atomic E-state index is -0.287. The number of amides is 1. The van der Waals surface area contributed by atoms with Gasteiger partial charge in [-0.3, -0.25) is 4.79 Å². The summed E-state index contributed by atoms with van der Waals surface area (Å²) in [6.45, 7) is 0.610. The van der Waals surface area contributed by atoms with Crippen LogP contribution in [0.25, 0.3) is 6.08 Å². The Labute approximate surface area is 135 Å². The third-order valence-electron chi connectivity index (χ3n) is 3.40. The largest absolute Gasteiger partial charge is 0.497 e. The van der Waals surface area contributed by atoms with Crippen LogP contribution < -0.4 is 10.1 Å². The van der Waals surface area contributed by atoms with Crippen molar-refractivity contribution in [2.75, 3.05) is 13.7 Å². The molecule has 0 saturated heterocycles. The number of aryl methyl sites for hydroxylation is 1. The molecule has 2 aromatic rings. The van der Waals surface area contributed by atoms with E-state index < -0.39 is 0 Å². The van der Waals surface area contributed by atoms with Gasteiger partial charge in [0.1, 0.15) is 11.6 Å². The zero-order valence-corrected chi connectivity index (χ0v) is 13.1. The second kappa shape index (κ2) is 8.73. The minimum Gasteiger partial charge on any atom is -0.497 e. The Morgan fingerprint density at radius 3 is 2.48 bits per heavy atom. The van der Waals surface area contributed by atoms with Gasteiger partial charge >= 0.3 is 0 Å². The van der Waals surface area contributed by atoms with Gasteiger partial charge in [-0.15, -0.1) is 0 Å². The Hall–Kier alpha value is -2.62. The Balaban J connectivity index is 1.68. The molecule has 1 N–H and O–H groups in total. The summed E-state index contributed by atoms with van der Waals surface area (Å²) >= 11 is 0. The van der Waals surface area contributed by atoms with Crippen molar-refractivity contribution in [2.45, 2.75) is 12.8 Å². The maximum Gasteiger partial charge on any atom is 0.243 e. The zero-order valence-electron chi connectivity index (χ0n) is 13.1. The molecular weight excluding hydrogens is 293 g/mol. The first-order valence-corrected chi connectivity index (χ1v) is 7.52. The second-order valence-corrected chi connectivity index (χ2v) is 5.13. The van der Waals surface area contributed by atoms with Crippen molar-refractivity contribution in [1.82, 2.24) is 5.32 Å². The van der Waals surface area contributed by atoms with Gasteiger partial charge in [-0.1, -0.05) is 24.3 Å². The molecule has 2 rings (SSSR count). The van der Waals surface area contributed by atoms with Crippen molar-refractivity contribution in [2.24, 2.45) is 0 Å². The molecular formula is C19H20FNO2. The highest BCUT2D eigenvalue weighted by atomic mass is 19.1. The summed E-state index contributed by atoms with van der Waals surface area (Å²) in [5.41, 5.74) is 2.00. The van der Waals surface area contributed by atoms with Gasteiger partial charge in [0.2, 0.25) is 5.91 Å². The molecule has 2 aromatic carbocycles. The molecule has 4 heteroatoms. The first-order chi connectivity index (χ1) is 11.2. The molecule has 0 heterocycles. The lowest BCUT2D eigenvalue weighted by molar-refractivity contribution is -0.116. The van der Waals surface area contributed by atoms with Gasteiger partial charge in [0.15, 0.2) is 0 Å². The van der Waals surface area contributed by atoms with E-state index in [-0.39, 0.29) is 11.7 Å². The quantitative estimate of drug-likeness (QED) is 0.626. The SMILES string of the molecule is COc1ccc(CCCNC(=O)/C=C/c2ccc(F)cc2)cc1. The van der Waals surface area contributed by atoms with Crippen LogP contribution in [0.3, 0.4) is 0 Å². The number of halogens is 1. The van der Waals surface area contributed by atoms with Crippen molar-refractivity contribution in [3.63, 3.8) is 0 Å². The van der Waals surface area contributed by atoms with Crippen LogP contribution >= 0.6 is 0 Å². The number of rotatable bonds is 7. The summed E-state index contributed by atoms with van der Waals surface area (Å²) in [6.07, 6.45) is 4.88. The zero-order chi connectivity index (χ0) is 16.5. The smallest absolute Gasteiger partial charge is 0.243 e. The van der Waals surface area contributed by atoms with Crippen LogP contribution in [-0.4, -0.2) is 19.6 Å². The van der Waals surface area contributed by atoms with Crippen LogP contribution in [-0.2, 0) is 11.2 Å². The van der Waals surface area contributed by atoms with Crippen LogP contribution in [0.5, 0.6) is 5.75 Å². The minimum absolute atomic E-state index is 0.149. The Morgan fingerprint density at radius 2 is 1.83 bits per heavy atom. The Morgan fingerprint density at radius 1 is 1.13 bits per heavy atom. The Kier molecular flexibility index (Phi) is 6.36. The van der Waals surface area contributed by atoms with Crippen LogP contribution in [0.15, 0.2) is 54.6 Å². The van der Waals surface area contributed by atoms with Crippen molar-refractivity contribution < 1.29 is 13.9 Å². The topological polar surface area (TPSA) is 38.3 Å². The molecule has 0 bridgehead atoms. The predicted molar refractivity (Wildman–Crippen MR) is 89.8 cm³/mol. The molecule has 120 valence electrons. The number of methoxy groups -OCH3 is 1. The summed E-state index contributed by atoms with van der Waals surface area (Å²) in [7, 11) is 1.64. The molecule has 1 amide bonds. The van der Waals surface area contributed by atoms with Crippen molar-refractivity contribution >= 4 is 12.0 Å². The highest BCUT2D eigenvalue weighted by Crippen LogP contribution is 2.12. The molecule has 3 nitrogen and oxygen atoms in total. The summed E-state index contributed by atoms with van der Waals surface area (Å²) in [5.74, 6) is 0.405. The standard InChI is InChI=1S/C19H20FNO2/c1-23-18-11-6-15(7-12-18)3-2-14-21-19(22)13-8-16-4-9-17(20)10-5-16/h4-13H,2-3,14H2,1H3,(H,21,22)/b13-8+.